The van der Waals surface area contributed by atoms with E-state index in [1.165, 1.54) is 21.0 Å². The van der Waals surface area contributed by atoms with Crippen molar-refractivity contribution in [1.29, 1.82) is 0 Å². The molecule has 0 fully saturated rings. The van der Waals surface area contributed by atoms with Crippen molar-refractivity contribution in [2.45, 2.75) is 13.8 Å². The second-order valence-electron chi connectivity index (χ2n) is 1.17. The number of hydrogen-bond donors (Lipinski definition) is 0. The Balaban J connectivity index is 0. The van der Waals surface area contributed by atoms with Crippen LogP contribution >= 0.6 is 15.9 Å². The van der Waals surface area contributed by atoms with Crippen molar-refractivity contribution in [3.8, 4) is 0 Å². The average Bonchev–Trinajstić information content (AvgIpc) is 1.65. The van der Waals surface area contributed by atoms with Gasteiger partial charge in [-0.15, -0.1) is 0 Å². The van der Waals surface area contributed by atoms with Crippen LogP contribution in [-0.2, 0) is 14.3 Å². The molecule has 0 aromatic rings. The van der Waals surface area contributed by atoms with E-state index in [9.17, 15) is 9.59 Å². The smallest absolute Gasteiger partial charge is 0.302 e. The molecule has 0 spiro atoms. The molecule has 0 aromatic carbocycles. The summed E-state index contributed by atoms with van der Waals surface area (Å²) in [6.45, 7) is 2.81. The quantitative estimate of drug-likeness (QED) is 0.431. The number of rotatable bonds is 0. The Labute approximate surface area is 62.5 Å². The molecule has 0 saturated heterocycles. The van der Waals surface area contributed by atoms with Crippen molar-refractivity contribution in [2.24, 2.45) is 0 Å². The number of carbonyl (C=O) groups excluding carboxylic acids is 2. The van der Waals surface area contributed by atoms with Crippen LogP contribution in [0.25, 0.3) is 0 Å². The maximum absolute atomic E-state index is 9.59. The van der Waals surface area contributed by atoms with Gasteiger partial charge in [-0.3, -0.25) is 9.59 Å². The molecular formula is C5H9BrO3. The largest absolute Gasteiger partial charge is 0.469 e. The average molecular weight is 197 g/mol. The van der Waals surface area contributed by atoms with Gasteiger partial charge in [0.25, 0.3) is 0 Å². The summed E-state index contributed by atoms with van der Waals surface area (Å²) in [5, 5.41) is 0. The molecule has 4 heteroatoms. The van der Waals surface area contributed by atoms with Gasteiger partial charge in [0.15, 0.2) is 4.69 Å². The predicted molar refractivity (Wildman–Crippen MR) is 37.3 cm³/mol. The van der Waals surface area contributed by atoms with Crippen LogP contribution in [-0.4, -0.2) is 17.8 Å². The van der Waals surface area contributed by atoms with Crippen LogP contribution in [0.2, 0.25) is 0 Å². The molecule has 0 unspecified atom stereocenters. The highest BCUT2D eigenvalue weighted by Crippen LogP contribution is 1.74. The van der Waals surface area contributed by atoms with E-state index in [1.807, 2.05) is 0 Å². The monoisotopic (exact) mass is 196 g/mol. The first-order chi connectivity index (χ1) is 4.00. The first kappa shape index (κ1) is 11.4. The molecule has 0 saturated carbocycles. The zero-order valence-electron chi connectivity index (χ0n) is 5.60. The van der Waals surface area contributed by atoms with Crippen LogP contribution < -0.4 is 0 Å². The second-order valence-corrected chi connectivity index (χ2v) is 2.28. The third-order valence-corrected chi connectivity index (χ3v) is 0.287. The molecule has 0 atom stereocenters. The summed E-state index contributed by atoms with van der Waals surface area (Å²) in [4.78, 5) is 19.0. The van der Waals surface area contributed by atoms with Crippen molar-refractivity contribution in [3.63, 3.8) is 0 Å². The van der Waals surface area contributed by atoms with Gasteiger partial charge >= 0.3 is 5.97 Å². The normalized spacial score (nSPS) is 6.67. The van der Waals surface area contributed by atoms with Crippen LogP contribution in [0.4, 0.5) is 0 Å². The van der Waals surface area contributed by atoms with Gasteiger partial charge in [-0.2, -0.15) is 0 Å². The second kappa shape index (κ2) is 7.62. The highest BCUT2D eigenvalue weighted by Gasteiger charge is 1.75. The molecule has 0 amide bonds. The zero-order chi connectivity index (χ0) is 7.86. The summed E-state index contributed by atoms with van der Waals surface area (Å²) >= 11 is 2.63. The lowest BCUT2D eigenvalue weighted by Crippen LogP contribution is -1.88. The molecule has 0 aliphatic carbocycles. The van der Waals surface area contributed by atoms with E-state index in [1.54, 1.807) is 0 Å². The van der Waals surface area contributed by atoms with Crippen LogP contribution in [0.15, 0.2) is 0 Å². The van der Waals surface area contributed by atoms with Gasteiger partial charge in [-0.05, 0) is 15.9 Å². The summed E-state index contributed by atoms with van der Waals surface area (Å²) in [6, 6.07) is 0. The van der Waals surface area contributed by atoms with Crippen molar-refractivity contribution in [3.05, 3.63) is 0 Å². The minimum Gasteiger partial charge on any atom is -0.469 e. The Kier molecular flexibility index (Phi) is 9.67. The fraction of sp³-hybridized carbons (Fsp3) is 0.600. The van der Waals surface area contributed by atoms with Crippen molar-refractivity contribution >= 4 is 26.6 Å². The van der Waals surface area contributed by atoms with Crippen LogP contribution in [0.5, 0.6) is 0 Å². The molecular weight excluding hydrogens is 188 g/mol. The van der Waals surface area contributed by atoms with Gasteiger partial charge in [0, 0.05) is 13.8 Å². The summed E-state index contributed by atoms with van der Waals surface area (Å²) in [5.74, 6) is -0.245. The van der Waals surface area contributed by atoms with E-state index in [2.05, 4.69) is 20.7 Å². The minimum atomic E-state index is -0.245. The lowest BCUT2D eigenvalue weighted by atomic mass is 10.8. The maximum Gasteiger partial charge on any atom is 0.302 e. The Hall–Kier alpha value is -0.380. The molecule has 0 rings (SSSR count). The SMILES string of the molecule is CC(=O)Br.COC(C)=O. The fourth-order valence-electron chi connectivity index (χ4n) is 0. The van der Waals surface area contributed by atoms with E-state index in [0.717, 1.165) is 0 Å². The lowest BCUT2D eigenvalue weighted by Gasteiger charge is -1.80. The molecule has 0 heterocycles. The van der Waals surface area contributed by atoms with Gasteiger partial charge < -0.3 is 4.74 Å². The predicted octanol–water partition coefficient (Wildman–Crippen LogP) is 1.11. The van der Waals surface area contributed by atoms with E-state index < -0.39 is 0 Å². The van der Waals surface area contributed by atoms with Gasteiger partial charge in [-0.25, -0.2) is 0 Å². The maximum atomic E-state index is 9.59. The Morgan fingerprint density at radius 2 is 1.44 bits per heavy atom. The highest BCUT2D eigenvalue weighted by molar-refractivity contribution is 9.18. The van der Waals surface area contributed by atoms with Gasteiger partial charge in [-0.1, -0.05) is 0 Å². The standard InChI is InChI=1S/C3H6O2.C2H3BrO/c1-3(4)5-2;1-2(3)4/h1-2H3;1H3. The Morgan fingerprint density at radius 3 is 1.44 bits per heavy atom. The van der Waals surface area contributed by atoms with Gasteiger partial charge in [0.1, 0.15) is 0 Å². The highest BCUT2D eigenvalue weighted by atomic mass is 79.9. The van der Waals surface area contributed by atoms with Crippen LogP contribution in [0.1, 0.15) is 13.8 Å². The molecule has 9 heavy (non-hydrogen) atoms. The van der Waals surface area contributed by atoms with E-state index in [0.29, 0.717) is 0 Å². The third kappa shape index (κ3) is 91.7. The summed E-state index contributed by atoms with van der Waals surface area (Å²) < 4.78 is 4.09. The number of ether oxygens (including phenoxy) is 1. The zero-order valence-corrected chi connectivity index (χ0v) is 7.19. The van der Waals surface area contributed by atoms with Crippen LogP contribution in [0, 0.1) is 0 Å². The molecule has 3 nitrogen and oxygen atoms in total. The minimum absolute atomic E-state index is 0.0208. The van der Waals surface area contributed by atoms with Crippen molar-refractivity contribution in [1.82, 2.24) is 0 Å². The first-order valence-electron chi connectivity index (χ1n) is 2.21. The van der Waals surface area contributed by atoms with Crippen LogP contribution in [0.3, 0.4) is 0 Å². The number of carbonyl (C=O) groups is 2. The molecule has 0 N–H and O–H groups in total. The summed E-state index contributed by atoms with van der Waals surface area (Å²) in [5.41, 5.74) is 0. The fourth-order valence-corrected chi connectivity index (χ4v) is 0. The third-order valence-electron chi connectivity index (χ3n) is 0.287. The Morgan fingerprint density at radius 1 is 1.33 bits per heavy atom. The molecule has 0 aliphatic rings. The molecule has 0 aromatic heterocycles. The molecule has 0 radical (unpaired) electrons. The molecule has 0 bridgehead atoms. The summed E-state index contributed by atoms with van der Waals surface area (Å²) in [6.07, 6.45) is 0. The molecule has 54 valence electrons. The Bertz CT molecular complexity index is 96.4. The topological polar surface area (TPSA) is 43.4 Å². The van der Waals surface area contributed by atoms with Crippen molar-refractivity contribution in [2.75, 3.05) is 7.11 Å². The number of halogens is 1. The number of esters is 1. The first-order valence-corrected chi connectivity index (χ1v) is 3.00. The van der Waals surface area contributed by atoms with E-state index >= 15 is 0 Å². The van der Waals surface area contributed by atoms with E-state index in [-0.39, 0.29) is 10.7 Å². The summed E-state index contributed by atoms with van der Waals surface area (Å²) in [7, 11) is 1.35. The van der Waals surface area contributed by atoms with Gasteiger partial charge in [0.05, 0.1) is 7.11 Å². The van der Waals surface area contributed by atoms with Gasteiger partial charge in [0.2, 0.25) is 0 Å². The lowest BCUT2D eigenvalue weighted by molar-refractivity contribution is -0.137. The van der Waals surface area contributed by atoms with Crippen molar-refractivity contribution < 1.29 is 14.3 Å². The van der Waals surface area contributed by atoms with E-state index in [4.69, 9.17) is 0 Å². The molecule has 0 aliphatic heterocycles. The number of hydrogen-bond acceptors (Lipinski definition) is 3. The number of methoxy groups -OCH3 is 1.